The van der Waals surface area contributed by atoms with E-state index in [2.05, 4.69) is 17.4 Å². The highest BCUT2D eigenvalue weighted by molar-refractivity contribution is 7.89. The van der Waals surface area contributed by atoms with E-state index < -0.39 is 10.0 Å². The minimum atomic E-state index is -3.62. The molecule has 1 N–H and O–H groups in total. The Hall–Kier alpha value is -1.68. The number of rotatable bonds is 5. The van der Waals surface area contributed by atoms with Crippen molar-refractivity contribution in [2.45, 2.75) is 17.7 Å². The Kier molecular flexibility index (Phi) is 6.36. The maximum Gasteiger partial charge on any atom is 0.243 e. The van der Waals surface area contributed by atoms with Crippen LogP contribution in [-0.2, 0) is 14.8 Å². The van der Waals surface area contributed by atoms with Crippen LogP contribution in [0.1, 0.15) is 12.8 Å². The molecule has 2 aliphatic rings. The number of ether oxygens (including phenoxy) is 1. The van der Waals surface area contributed by atoms with Crippen LogP contribution in [-0.4, -0.2) is 82.0 Å². The van der Waals surface area contributed by atoms with Gasteiger partial charge < -0.3 is 9.64 Å². The Balaban J connectivity index is 1.63. The molecule has 2 heterocycles. The van der Waals surface area contributed by atoms with Crippen LogP contribution < -0.4 is 10.2 Å². The molecule has 3 rings (SSSR count). The summed E-state index contributed by atoms with van der Waals surface area (Å²) in [4.78, 5) is 15.1. The first kappa shape index (κ1) is 20.1. The van der Waals surface area contributed by atoms with Gasteiger partial charge in [0.1, 0.15) is 5.75 Å². The fourth-order valence-corrected chi connectivity index (χ4v) is 4.96. The van der Waals surface area contributed by atoms with Crippen molar-refractivity contribution in [3.05, 3.63) is 24.3 Å². The van der Waals surface area contributed by atoms with Crippen molar-refractivity contribution >= 4 is 15.9 Å². The Morgan fingerprint density at radius 1 is 1.11 bits per heavy atom. The van der Waals surface area contributed by atoms with Crippen LogP contribution in [0.25, 0.3) is 0 Å². The summed E-state index contributed by atoms with van der Waals surface area (Å²) in [5, 5.41) is 1.93. The van der Waals surface area contributed by atoms with E-state index in [9.17, 15) is 13.2 Å². The smallest absolute Gasteiger partial charge is 0.243 e. The zero-order chi connectivity index (χ0) is 19.4. The molecule has 9 heteroatoms. The molecule has 1 aromatic carbocycles. The minimum absolute atomic E-state index is 0.0887. The number of nitrogens with zero attached hydrogens (tertiary/aromatic N) is 3. The van der Waals surface area contributed by atoms with Gasteiger partial charge in [-0.15, -0.1) is 0 Å². The number of hydrazine groups is 1. The van der Waals surface area contributed by atoms with Crippen LogP contribution in [0.3, 0.4) is 0 Å². The van der Waals surface area contributed by atoms with E-state index in [0.717, 1.165) is 26.2 Å². The largest absolute Gasteiger partial charge is 0.497 e. The third-order valence-electron chi connectivity index (χ3n) is 5.22. The van der Waals surface area contributed by atoms with Gasteiger partial charge in [-0.1, -0.05) is 0 Å². The fraction of sp³-hybridized carbons (Fsp3) is 0.611. The average molecular weight is 397 g/mol. The summed E-state index contributed by atoms with van der Waals surface area (Å²) >= 11 is 0. The summed E-state index contributed by atoms with van der Waals surface area (Å²) in [5.41, 5.74) is 2.97. The van der Waals surface area contributed by atoms with Crippen molar-refractivity contribution < 1.29 is 17.9 Å². The van der Waals surface area contributed by atoms with E-state index in [1.807, 2.05) is 5.01 Å². The predicted molar refractivity (Wildman–Crippen MR) is 102 cm³/mol. The van der Waals surface area contributed by atoms with Crippen LogP contribution in [0, 0.1) is 5.92 Å². The summed E-state index contributed by atoms with van der Waals surface area (Å²) in [6.45, 7) is 4.03. The molecule has 1 amide bonds. The van der Waals surface area contributed by atoms with E-state index >= 15 is 0 Å². The quantitative estimate of drug-likeness (QED) is 0.775. The van der Waals surface area contributed by atoms with E-state index in [4.69, 9.17) is 4.74 Å². The van der Waals surface area contributed by atoms with Gasteiger partial charge in [-0.3, -0.25) is 10.2 Å². The van der Waals surface area contributed by atoms with Gasteiger partial charge in [0.2, 0.25) is 15.9 Å². The molecule has 2 aliphatic heterocycles. The Morgan fingerprint density at radius 3 is 2.41 bits per heavy atom. The molecule has 0 aromatic heterocycles. The van der Waals surface area contributed by atoms with E-state index in [1.54, 1.807) is 24.3 Å². The molecule has 0 saturated carbocycles. The average Bonchev–Trinajstić information content (AvgIpc) is 2.70. The molecule has 2 saturated heterocycles. The molecule has 0 bridgehead atoms. The molecule has 8 nitrogen and oxygen atoms in total. The molecule has 0 unspecified atom stereocenters. The fourth-order valence-electron chi connectivity index (χ4n) is 3.44. The Bertz CT molecular complexity index is 745. The third kappa shape index (κ3) is 4.78. The lowest BCUT2D eigenvalue weighted by molar-refractivity contribution is -0.131. The van der Waals surface area contributed by atoms with Crippen LogP contribution >= 0.6 is 0 Å². The second-order valence-corrected chi connectivity index (χ2v) is 9.08. The third-order valence-corrected chi connectivity index (χ3v) is 7.10. The number of nitrogens with one attached hydrogen (secondary N) is 1. The Morgan fingerprint density at radius 2 is 1.78 bits per heavy atom. The summed E-state index contributed by atoms with van der Waals surface area (Å²) in [6, 6.07) is 6.35. The lowest BCUT2D eigenvalue weighted by Crippen LogP contribution is -2.55. The molecular formula is C18H28N4O4S. The van der Waals surface area contributed by atoms with Crippen LogP contribution in [0.15, 0.2) is 29.2 Å². The number of methoxy groups -OCH3 is 1. The number of likely N-dealkylation sites (N-methyl/N-ethyl adjacent to an activating group) is 1. The molecule has 0 aliphatic carbocycles. The van der Waals surface area contributed by atoms with Gasteiger partial charge in [0.05, 0.1) is 17.9 Å². The first-order valence-corrected chi connectivity index (χ1v) is 10.7. The summed E-state index contributed by atoms with van der Waals surface area (Å²) < 4.78 is 32.3. The lowest BCUT2D eigenvalue weighted by atomic mass is 9.99. The number of amides is 1. The normalized spacial score (nSPS) is 23.1. The van der Waals surface area contributed by atoms with Crippen LogP contribution in [0.5, 0.6) is 5.75 Å². The molecular weight excluding hydrogens is 368 g/mol. The van der Waals surface area contributed by atoms with Crippen LogP contribution in [0.2, 0.25) is 0 Å². The highest BCUT2D eigenvalue weighted by Crippen LogP contribution is 2.25. The first-order valence-electron chi connectivity index (χ1n) is 9.28. The van der Waals surface area contributed by atoms with E-state index in [0.29, 0.717) is 25.1 Å². The van der Waals surface area contributed by atoms with Crippen molar-refractivity contribution in [2.75, 3.05) is 53.4 Å². The van der Waals surface area contributed by atoms with Crippen molar-refractivity contribution in [3.8, 4) is 5.75 Å². The highest BCUT2D eigenvalue weighted by atomic mass is 32.2. The maximum atomic E-state index is 12.9. The lowest BCUT2D eigenvalue weighted by Gasteiger charge is -2.35. The number of sulfonamides is 1. The molecule has 1 atom stereocenters. The predicted octanol–water partition coefficient (Wildman–Crippen LogP) is 0.375. The molecule has 0 spiro atoms. The number of hydrogen-bond donors (Lipinski definition) is 1. The number of piperidine rings is 1. The van der Waals surface area contributed by atoms with Gasteiger partial charge in [0.25, 0.3) is 0 Å². The number of carbonyl (C=O) groups is 1. The number of piperazine rings is 1. The molecule has 2 fully saturated rings. The summed E-state index contributed by atoms with van der Waals surface area (Å²) in [5.74, 6) is 0.192. The van der Waals surface area contributed by atoms with E-state index in [-0.39, 0.29) is 23.3 Å². The van der Waals surface area contributed by atoms with Crippen molar-refractivity contribution in [1.82, 2.24) is 19.6 Å². The van der Waals surface area contributed by atoms with Gasteiger partial charge in [0.15, 0.2) is 0 Å². The molecule has 1 aromatic rings. The van der Waals surface area contributed by atoms with Gasteiger partial charge >= 0.3 is 0 Å². The van der Waals surface area contributed by atoms with Crippen molar-refractivity contribution in [1.29, 1.82) is 0 Å². The SMILES string of the molecule is COc1ccc(S(=O)(=O)N2CCC[C@H](C(=O)NN3CCN(C)CC3)C2)cc1. The zero-order valence-electron chi connectivity index (χ0n) is 15.9. The number of carbonyl (C=O) groups excluding carboxylic acids is 1. The maximum absolute atomic E-state index is 12.9. The van der Waals surface area contributed by atoms with Crippen molar-refractivity contribution in [3.63, 3.8) is 0 Å². The van der Waals surface area contributed by atoms with Gasteiger partial charge in [0, 0.05) is 39.3 Å². The van der Waals surface area contributed by atoms with Gasteiger partial charge in [-0.2, -0.15) is 4.31 Å². The molecule has 27 heavy (non-hydrogen) atoms. The zero-order valence-corrected chi connectivity index (χ0v) is 16.7. The van der Waals surface area contributed by atoms with Crippen molar-refractivity contribution in [2.24, 2.45) is 5.92 Å². The van der Waals surface area contributed by atoms with Crippen LogP contribution in [0.4, 0.5) is 0 Å². The summed E-state index contributed by atoms with van der Waals surface area (Å²) in [7, 11) is -0.0192. The summed E-state index contributed by atoms with van der Waals surface area (Å²) in [6.07, 6.45) is 1.38. The van der Waals surface area contributed by atoms with Gasteiger partial charge in [-0.25, -0.2) is 13.4 Å². The first-order chi connectivity index (χ1) is 12.9. The second kappa shape index (κ2) is 8.55. The topological polar surface area (TPSA) is 82.2 Å². The molecule has 150 valence electrons. The Labute approximate surface area is 161 Å². The van der Waals surface area contributed by atoms with Gasteiger partial charge in [-0.05, 0) is 44.2 Å². The standard InChI is InChI=1S/C18H28N4O4S/c1-20-10-12-21(13-11-20)19-18(23)15-4-3-9-22(14-15)27(24,25)17-7-5-16(26-2)6-8-17/h5-8,15H,3-4,9-14H2,1-2H3,(H,19,23)/t15-/m0/s1. The highest BCUT2D eigenvalue weighted by Gasteiger charge is 2.34. The minimum Gasteiger partial charge on any atom is -0.497 e. The van der Waals surface area contributed by atoms with E-state index in [1.165, 1.54) is 11.4 Å². The monoisotopic (exact) mass is 396 g/mol. The second-order valence-electron chi connectivity index (χ2n) is 7.14. The molecule has 0 radical (unpaired) electrons. The number of hydrogen-bond acceptors (Lipinski definition) is 6. The number of benzene rings is 1.